The van der Waals surface area contributed by atoms with Gasteiger partial charge in [-0.15, -0.1) is 12.6 Å². The van der Waals surface area contributed by atoms with Gasteiger partial charge in [0.1, 0.15) is 5.82 Å². The van der Waals surface area contributed by atoms with Crippen molar-refractivity contribution in [1.29, 1.82) is 0 Å². The number of rotatable bonds is 3. The van der Waals surface area contributed by atoms with Crippen molar-refractivity contribution < 1.29 is 0 Å². The first kappa shape index (κ1) is 23.7. The summed E-state index contributed by atoms with van der Waals surface area (Å²) in [6.07, 6.45) is 8.78. The Morgan fingerprint density at radius 2 is 1.59 bits per heavy atom. The van der Waals surface area contributed by atoms with Gasteiger partial charge in [0.15, 0.2) is 0 Å². The van der Waals surface area contributed by atoms with Gasteiger partial charge in [0.05, 0.1) is 22.2 Å². The fraction of sp³-hybridized carbons (Fsp3) is 0.0270. The number of allylic oxidation sites excluding steroid dienone is 4. The van der Waals surface area contributed by atoms with Gasteiger partial charge in [-0.2, -0.15) is 0 Å². The first-order valence-corrected chi connectivity index (χ1v) is 14.1. The molecule has 0 amide bonds. The van der Waals surface area contributed by atoms with E-state index >= 15 is 0 Å². The topological polar surface area (TPSA) is 30.7 Å². The highest BCUT2D eigenvalue weighted by atomic mass is 32.1. The average molecular weight is 542 g/mol. The molecule has 41 heavy (non-hydrogen) atoms. The number of aromatic nitrogens is 3. The Morgan fingerprint density at radius 3 is 2.49 bits per heavy atom. The molecule has 4 heteroatoms. The van der Waals surface area contributed by atoms with Gasteiger partial charge in [0.25, 0.3) is 0 Å². The van der Waals surface area contributed by atoms with E-state index in [4.69, 9.17) is 22.6 Å². The fourth-order valence-electron chi connectivity index (χ4n) is 6.01. The summed E-state index contributed by atoms with van der Waals surface area (Å²) in [7, 11) is 0. The van der Waals surface area contributed by atoms with Crippen molar-refractivity contribution in [3.8, 4) is 28.9 Å². The zero-order chi connectivity index (χ0) is 27.3. The quantitative estimate of drug-likeness (QED) is 0.179. The number of hydrogen-bond donors (Lipinski definition) is 1. The maximum absolute atomic E-state index is 5.35. The molecule has 0 saturated heterocycles. The van der Waals surface area contributed by atoms with Gasteiger partial charge in [-0.25, -0.2) is 4.98 Å². The monoisotopic (exact) mass is 541 g/mol. The number of nitrogens with zero attached hydrogens (tertiary/aromatic N) is 3. The fourth-order valence-corrected chi connectivity index (χ4v) is 6.45. The highest BCUT2D eigenvalue weighted by molar-refractivity contribution is 7.80. The predicted octanol–water partition coefficient (Wildman–Crippen LogP) is 9.18. The molecule has 0 spiro atoms. The molecule has 4 aromatic carbocycles. The third-order valence-electron chi connectivity index (χ3n) is 7.76. The Morgan fingerprint density at radius 1 is 0.805 bits per heavy atom. The number of fused-ring (bicyclic) bond motifs is 6. The Balaban J connectivity index is 1.57. The van der Waals surface area contributed by atoms with Crippen molar-refractivity contribution in [2.75, 3.05) is 0 Å². The molecule has 0 fully saturated rings. The van der Waals surface area contributed by atoms with E-state index in [1.165, 1.54) is 0 Å². The van der Waals surface area contributed by atoms with E-state index in [-0.39, 0.29) is 0 Å². The molecule has 3 nitrogen and oxygen atoms in total. The lowest BCUT2D eigenvalue weighted by Crippen LogP contribution is -2.02. The van der Waals surface area contributed by atoms with E-state index < -0.39 is 0 Å². The molecule has 7 aromatic rings. The smallest absolute Gasteiger partial charge is 0.138 e. The zero-order valence-electron chi connectivity index (χ0n) is 22.0. The summed E-state index contributed by atoms with van der Waals surface area (Å²) in [5, 5.41) is 5.58. The Bertz CT molecular complexity index is 2300. The van der Waals surface area contributed by atoms with Gasteiger partial charge in [0, 0.05) is 55.8 Å². The first-order valence-electron chi connectivity index (χ1n) is 13.6. The molecule has 0 unspecified atom stereocenters. The summed E-state index contributed by atoms with van der Waals surface area (Å²) >= 11 is 5.26. The summed E-state index contributed by atoms with van der Waals surface area (Å²) in [4.78, 5) is 11.1. The zero-order valence-corrected chi connectivity index (χ0v) is 22.9. The van der Waals surface area contributed by atoms with Crippen LogP contribution in [0.5, 0.6) is 0 Å². The number of thiol groups is 1. The lowest BCUT2D eigenvalue weighted by molar-refractivity contribution is 1.08. The largest absolute Gasteiger partial charge is 0.293 e. The molecule has 3 heterocycles. The van der Waals surface area contributed by atoms with Crippen molar-refractivity contribution in [2.45, 2.75) is 11.3 Å². The lowest BCUT2D eigenvalue weighted by atomic mass is 9.97. The van der Waals surface area contributed by atoms with Gasteiger partial charge in [-0.3, -0.25) is 9.55 Å². The summed E-state index contributed by atoms with van der Waals surface area (Å²) in [6, 6.07) is 33.7. The first-order chi connectivity index (χ1) is 20.3. The SMILES string of the molecule is Sc1c(C2=CC=CCC#C2)c2ncccc2c2c3ccccc3n(-c3cc4ccccc4c(-c4ccccc4)n3)c12. The maximum Gasteiger partial charge on any atom is 0.138 e. The lowest BCUT2D eigenvalue weighted by Gasteiger charge is -2.16. The molecule has 1 aliphatic rings. The predicted molar refractivity (Wildman–Crippen MR) is 174 cm³/mol. The van der Waals surface area contributed by atoms with Gasteiger partial charge in [-0.1, -0.05) is 103 Å². The van der Waals surface area contributed by atoms with E-state index in [9.17, 15) is 0 Å². The number of hydrogen-bond acceptors (Lipinski definition) is 3. The van der Waals surface area contributed by atoms with Crippen LogP contribution in [-0.2, 0) is 0 Å². The average Bonchev–Trinajstić information content (AvgIpc) is 3.15. The van der Waals surface area contributed by atoms with E-state index in [1.807, 2.05) is 18.3 Å². The molecule has 0 saturated carbocycles. The molecular formula is C37H23N3S. The molecule has 8 rings (SSSR count). The highest BCUT2D eigenvalue weighted by Crippen LogP contribution is 2.44. The Kier molecular flexibility index (Phi) is 5.51. The van der Waals surface area contributed by atoms with Crippen LogP contribution in [0.1, 0.15) is 12.0 Å². The minimum atomic E-state index is 0.721. The minimum absolute atomic E-state index is 0.721. The van der Waals surface area contributed by atoms with Crippen molar-refractivity contribution in [3.63, 3.8) is 0 Å². The van der Waals surface area contributed by atoms with Crippen molar-refractivity contribution in [2.24, 2.45) is 0 Å². The molecule has 0 bridgehead atoms. The van der Waals surface area contributed by atoms with E-state index in [1.54, 1.807) is 0 Å². The molecule has 0 radical (unpaired) electrons. The maximum atomic E-state index is 5.35. The summed E-state index contributed by atoms with van der Waals surface area (Å²) in [5.74, 6) is 7.49. The van der Waals surface area contributed by atoms with Crippen LogP contribution >= 0.6 is 12.6 Å². The van der Waals surface area contributed by atoms with Gasteiger partial charge in [0.2, 0.25) is 0 Å². The summed E-state index contributed by atoms with van der Waals surface area (Å²) in [6.45, 7) is 0. The van der Waals surface area contributed by atoms with Crippen LogP contribution in [-0.4, -0.2) is 14.5 Å². The van der Waals surface area contributed by atoms with Crippen molar-refractivity contribution in [3.05, 3.63) is 127 Å². The number of para-hydroxylation sites is 1. The van der Waals surface area contributed by atoms with Crippen LogP contribution in [0.25, 0.3) is 66.1 Å². The molecule has 192 valence electrons. The van der Waals surface area contributed by atoms with Gasteiger partial charge in [-0.05, 0) is 29.7 Å². The van der Waals surface area contributed by atoms with Crippen LogP contribution in [0.3, 0.4) is 0 Å². The van der Waals surface area contributed by atoms with Crippen LogP contribution < -0.4 is 0 Å². The molecule has 3 aromatic heterocycles. The molecule has 0 atom stereocenters. The van der Waals surface area contributed by atoms with Crippen molar-refractivity contribution in [1.82, 2.24) is 14.5 Å². The molecular weight excluding hydrogens is 518 g/mol. The summed E-state index contributed by atoms with van der Waals surface area (Å²) in [5.41, 5.74) is 6.88. The summed E-state index contributed by atoms with van der Waals surface area (Å²) < 4.78 is 2.27. The third-order valence-corrected chi connectivity index (χ3v) is 8.20. The number of pyridine rings is 2. The van der Waals surface area contributed by atoms with Gasteiger partial charge >= 0.3 is 0 Å². The Labute approximate surface area is 242 Å². The second-order valence-electron chi connectivity index (χ2n) is 10.1. The molecule has 1 aliphatic carbocycles. The van der Waals surface area contributed by atoms with E-state index in [0.29, 0.717) is 0 Å². The minimum Gasteiger partial charge on any atom is -0.293 e. The van der Waals surface area contributed by atoms with Crippen LogP contribution in [0.15, 0.2) is 126 Å². The van der Waals surface area contributed by atoms with E-state index in [0.717, 1.165) is 83.0 Å². The molecule has 0 aliphatic heterocycles. The van der Waals surface area contributed by atoms with Gasteiger partial charge < -0.3 is 0 Å². The Hall–Kier alpha value is -5.11. The third kappa shape index (κ3) is 3.71. The van der Waals surface area contributed by atoms with Crippen LogP contribution in [0.2, 0.25) is 0 Å². The van der Waals surface area contributed by atoms with Crippen molar-refractivity contribution >= 4 is 61.7 Å². The highest BCUT2D eigenvalue weighted by Gasteiger charge is 2.24. The second-order valence-corrected chi connectivity index (χ2v) is 10.6. The standard InChI is InChI=1S/C37H23N3S/c41-37-32(24-13-4-1-2-5-14-24)35-29(20-12-22-38-35)33-28-19-10-11-21-30(28)40(36(33)37)31-23-26-17-8-9-18-27(26)34(39-31)25-15-6-3-7-16-25/h1,3-4,6-13,15-23,41H,2H2. The second kappa shape index (κ2) is 9.52. The number of benzene rings is 4. The van der Waals surface area contributed by atoms with Crippen LogP contribution in [0, 0.1) is 11.8 Å². The van der Waals surface area contributed by atoms with Crippen LogP contribution in [0.4, 0.5) is 0 Å². The molecule has 0 N–H and O–H groups in total. The normalized spacial score (nSPS) is 13.0. The van der Waals surface area contributed by atoms with E-state index in [2.05, 4.69) is 120 Å².